The Morgan fingerprint density at radius 2 is 2.23 bits per heavy atom. The van der Waals surface area contributed by atoms with Gasteiger partial charge in [0.05, 0.1) is 6.54 Å². The molecule has 2 heterocycles. The summed E-state index contributed by atoms with van der Waals surface area (Å²) in [6.07, 6.45) is 3.01. The van der Waals surface area contributed by atoms with E-state index in [0.717, 1.165) is 5.56 Å². The molecule has 0 aliphatic rings. The maximum Gasteiger partial charge on any atom is 0.276 e. The van der Waals surface area contributed by atoms with Gasteiger partial charge in [0.1, 0.15) is 17.8 Å². The summed E-state index contributed by atoms with van der Waals surface area (Å²) in [6.45, 7) is 0.367. The molecule has 1 amide bonds. The maximum absolute atomic E-state index is 13.1. The van der Waals surface area contributed by atoms with Crippen LogP contribution in [0.15, 0.2) is 42.9 Å². The second-order valence-electron chi connectivity index (χ2n) is 4.69. The Morgan fingerprint density at radius 1 is 1.36 bits per heavy atom. The van der Waals surface area contributed by atoms with E-state index in [2.05, 4.69) is 20.5 Å². The van der Waals surface area contributed by atoms with Gasteiger partial charge in [-0.15, -0.1) is 5.10 Å². The highest BCUT2D eigenvalue weighted by molar-refractivity contribution is 6.01. The molecule has 0 unspecified atom stereocenters. The molecule has 0 aliphatic carbocycles. The van der Waals surface area contributed by atoms with Gasteiger partial charge in [-0.2, -0.15) is 5.10 Å². The van der Waals surface area contributed by atoms with Crippen LogP contribution in [0.4, 0.5) is 10.3 Å². The summed E-state index contributed by atoms with van der Waals surface area (Å²) in [5, 5.41) is 10.6. The number of nitrogens with one attached hydrogen (secondary N) is 1. The first-order valence-electron chi connectivity index (χ1n) is 6.55. The van der Waals surface area contributed by atoms with E-state index in [0.29, 0.717) is 12.2 Å². The summed E-state index contributed by atoms with van der Waals surface area (Å²) in [4.78, 5) is 16.0. The first kappa shape index (κ1) is 13.9. The lowest BCUT2D eigenvalue weighted by Gasteiger charge is -2.02. The van der Waals surface area contributed by atoms with Crippen LogP contribution in [0.1, 0.15) is 16.1 Å². The second kappa shape index (κ2) is 5.76. The van der Waals surface area contributed by atoms with Gasteiger partial charge in [-0.05, 0) is 23.8 Å². The van der Waals surface area contributed by atoms with Crippen molar-refractivity contribution in [2.45, 2.75) is 6.54 Å². The smallest absolute Gasteiger partial charge is 0.276 e. The first-order chi connectivity index (χ1) is 10.6. The number of halogens is 1. The molecule has 0 radical (unpaired) electrons. The Kier molecular flexibility index (Phi) is 3.65. The van der Waals surface area contributed by atoms with Crippen molar-refractivity contribution in [2.75, 3.05) is 5.32 Å². The topological polar surface area (TPSA) is 77.6 Å². The highest BCUT2D eigenvalue weighted by atomic mass is 19.1. The van der Waals surface area contributed by atoms with E-state index in [4.69, 9.17) is 0 Å². The zero-order valence-corrected chi connectivity index (χ0v) is 11.8. The molecule has 0 spiro atoms. The number of hydrogen-bond acceptors (Lipinski definition) is 4. The summed E-state index contributed by atoms with van der Waals surface area (Å²) in [5.74, 6) is -0.464. The zero-order chi connectivity index (χ0) is 15.5. The zero-order valence-electron chi connectivity index (χ0n) is 11.8. The first-order valence-corrected chi connectivity index (χ1v) is 6.55. The second-order valence-corrected chi connectivity index (χ2v) is 4.69. The third-order valence-corrected chi connectivity index (χ3v) is 3.05. The van der Waals surface area contributed by atoms with Crippen LogP contribution in [0.2, 0.25) is 0 Å². The molecule has 7 nitrogen and oxygen atoms in total. The molecule has 112 valence electrons. The molecule has 0 fully saturated rings. The van der Waals surface area contributed by atoms with Gasteiger partial charge in [-0.3, -0.25) is 14.8 Å². The minimum absolute atomic E-state index is 0.183. The van der Waals surface area contributed by atoms with Crippen molar-refractivity contribution in [2.24, 2.45) is 7.05 Å². The van der Waals surface area contributed by atoms with Crippen LogP contribution in [0.5, 0.6) is 0 Å². The highest BCUT2D eigenvalue weighted by Gasteiger charge is 2.12. The number of aryl methyl sites for hydroxylation is 1. The van der Waals surface area contributed by atoms with Crippen LogP contribution in [0.3, 0.4) is 0 Å². The van der Waals surface area contributed by atoms with Crippen LogP contribution in [0.25, 0.3) is 0 Å². The number of nitrogens with zero attached hydrogens (tertiary/aromatic N) is 5. The lowest BCUT2D eigenvalue weighted by molar-refractivity contribution is 0.101. The number of carbonyl (C=O) groups is 1. The van der Waals surface area contributed by atoms with Crippen LogP contribution < -0.4 is 5.32 Å². The van der Waals surface area contributed by atoms with Crippen molar-refractivity contribution in [1.82, 2.24) is 24.5 Å². The van der Waals surface area contributed by atoms with E-state index in [9.17, 15) is 9.18 Å². The van der Waals surface area contributed by atoms with Crippen molar-refractivity contribution >= 4 is 11.9 Å². The largest absolute Gasteiger partial charge is 0.288 e. The van der Waals surface area contributed by atoms with Crippen LogP contribution in [0, 0.1) is 5.82 Å². The molecule has 8 heteroatoms. The number of hydrogen-bond donors (Lipinski definition) is 1. The number of benzene rings is 1. The Morgan fingerprint density at radius 3 is 2.95 bits per heavy atom. The summed E-state index contributed by atoms with van der Waals surface area (Å²) in [6, 6.07) is 7.82. The molecular weight excluding hydrogens is 287 g/mol. The minimum Gasteiger partial charge on any atom is -0.288 e. The lowest BCUT2D eigenvalue weighted by atomic mass is 10.2. The Balaban J connectivity index is 1.69. The van der Waals surface area contributed by atoms with Gasteiger partial charge < -0.3 is 0 Å². The van der Waals surface area contributed by atoms with Gasteiger partial charge in [0.25, 0.3) is 5.91 Å². The van der Waals surface area contributed by atoms with Crippen LogP contribution in [-0.4, -0.2) is 30.5 Å². The summed E-state index contributed by atoms with van der Waals surface area (Å²) >= 11 is 0. The van der Waals surface area contributed by atoms with E-state index in [1.165, 1.54) is 34.0 Å². The van der Waals surface area contributed by atoms with Gasteiger partial charge in [0.2, 0.25) is 5.95 Å². The van der Waals surface area contributed by atoms with Gasteiger partial charge in [0.15, 0.2) is 0 Å². The third kappa shape index (κ3) is 3.00. The van der Waals surface area contributed by atoms with E-state index in [1.54, 1.807) is 25.2 Å². The molecular formula is C14H13FN6O. The average molecular weight is 300 g/mol. The van der Waals surface area contributed by atoms with Gasteiger partial charge in [-0.25, -0.2) is 14.1 Å². The summed E-state index contributed by atoms with van der Waals surface area (Å²) < 4.78 is 16.1. The van der Waals surface area contributed by atoms with E-state index >= 15 is 0 Å². The molecule has 0 atom stereocenters. The molecule has 22 heavy (non-hydrogen) atoms. The predicted molar refractivity (Wildman–Crippen MR) is 76.7 cm³/mol. The molecule has 1 aromatic carbocycles. The molecule has 0 saturated heterocycles. The number of rotatable bonds is 4. The van der Waals surface area contributed by atoms with Gasteiger partial charge in [-0.1, -0.05) is 12.1 Å². The van der Waals surface area contributed by atoms with Crippen LogP contribution in [-0.2, 0) is 13.6 Å². The quantitative estimate of drug-likeness (QED) is 0.791. The van der Waals surface area contributed by atoms with Gasteiger partial charge >= 0.3 is 0 Å². The van der Waals surface area contributed by atoms with Crippen molar-refractivity contribution in [3.63, 3.8) is 0 Å². The molecule has 1 N–H and O–H groups in total. The van der Waals surface area contributed by atoms with Crippen LogP contribution >= 0.6 is 0 Å². The SMILES string of the molecule is Cn1nccc1C(=O)Nc1ncn(Cc2cccc(F)c2)n1. The fourth-order valence-corrected chi connectivity index (χ4v) is 2.01. The monoisotopic (exact) mass is 300 g/mol. The molecule has 3 rings (SSSR count). The standard InChI is InChI=1S/C14H13FN6O/c1-20-12(5-6-17-20)13(22)18-14-16-9-21(19-14)8-10-3-2-4-11(15)7-10/h2-7,9H,8H2,1H3,(H,18,19,22). The Hall–Kier alpha value is -3.03. The fourth-order valence-electron chi connectivity index (χ4n) is 2.01. The number of aromatic nitrogens is 5. The third-order valence-electron chi connectivity index (χ3n) is 3.05. The van der Waals surface area contributed by atoms with Crippen molar-refractivity contribution in [3.05, 3.63) is 59.9 Å². The lowest BCUT2D eigenvalue weighted by Crippen LogP contribution is -2.17. The minimum atomic E-state index is -0.344. The molecule has 0 bridgehead atoms. The maximum atomic E-state index is 13.1. The summed E-state index contributed by atoms with van der Waals surface area (Å²) in [7, 11) is 1.67. The number of carbonyl (C=O) groups excluding carboxylic acids is 1. The molecule has 0 aliphatic heterocycles. The van der Waals surface area contributed by atoms with Gasteiger partial charge in [0, 0.05) is 13.2 Å². The Labute approximate surface area is 125 Å². The van der Waals surface area contributed by atoms with Crippen molar-refractivity contribution in [1.29, 1.82) is 0 Å². The summed E-state index contributed by atoms with van der Waals surface area (Å²) in [5.41, 5.74) is 1.16. The number of anilines is 1. The molecule has 2 aromatic heterocycles. The van der Waals surface area contributed by atoms with E-state index in [1.807, 2.05) is 0 Å². The molecule has 0 saturated carbocycles. The fraction of sp³-hybridized carbons (Fsp3) is 0.143. The van der Waals surface area contributed by atoms with Crippen molar-refractivity contribution in [3.8, 4) is 0 Å². The normalized spacial score (nSPS) is 10.6. The van der Waals surface area contributed by atoms with Crippen molar-refractivity contribution < 1.29 is 9.18 Å². The highest BCUT2D eigenvalue weighted by Crippen LogP contribution is 2.07. The average Bonchev–Trinajstić information content (AvgIpc) is 3.08. The Bertz CT molecular complexity index is 809. The van der Waals surface area contributed by atoms with E-state index in [-0.39, 0.29) is 17.7 Å². The van der Waals surface area contributed by atoms with E-state index < -0.39 is 0 Å². The predicted octanol–water partition coefficient (Wildman–Crippen LogP) is 1.45. The molecule has 3 aromatic rings. The number of amides is 1.